The Morgan fingerprint density at radius 2 is 1.64 bits per heavy atom. The van der Waals surface area contributed by atoms with Gasteiger partial charge in [-0.3, -0.25) is 0 Å². The van der Waals surface area contributed by atoms with Gasteiger partial charge in [-0.2, -0.15) is 0 Å². The second-order valence-electron chi connectivity index (χ2n) is 7.30. The number of hydrogen-bond donors (Lipinski definition) is 0. The third-order valence-electron chi connectivity index (χ3n) is 5.36. The second kappa shape index (κ2) is 6.93. The number of benzene rings is 2. The molecule has 0 aromatic heterocycles. The number of methoxy groups -OCH3 is 2. The highest BCUT2D eigenvalue weighted by molar-refractivity contribution is 6.08. The van der Waals surface area contributed by atoms with Crippen LogP contribution in [0.25, 0.3) is 0 Å². The molecule has 28 heavy (non-hydrogen) atoms. The molecule has 4 rings (SSSR count). The number of hydrogen-bond acceptors (Lipinski definition) is 6. The molecule has 0 fully saturated rings. The van der Waals surface area contributed by atoms with Crippen LogP contribution >= 0.6 is 0 Å². The van der Waals surface area contributed by atoms with Crippen LogP contribution in [0.5, 0.6) is 23.0 Å². The molecule has 6 heteroatoms. The summed E-state index contributed by atoms with van der Waals surface area (Å²) >= 11 is 0. The van der Waals surface area contributed by atoms with E-state index in [9.17, 15) is 0 Å². The maximum atomic E-state index is 5.75. The molecule has 0 N–H and O–H groups in total. The average Bonchev–Trinajstić information content (AvgIpc) is 3.25. The van der Waals surface area contributed by atoms with Gasteiger partial charge in [-0.1, -0.05) is 22.9 Å². The van der Waals surface area contributed by atoms with Crippen molar-refractivity contribution in [2.75, 3.05) is 21.0 Å². The van der Waals surface area contributed by atoms with Crippen molar-refractivity contribution in [1.29, 1.82) is 0 Å². The lowest BCUT2D eigenvalue weighted by Crippen LogP contribution is -2.22. The monoisotopic (exact) mass is 383 g/mol. The highest BCUT2D eigenvalue weighted by Gasteiger charge is 2.39. The molecule has 0 radical (unpaired) electrons. The summed E-state index contributed by atoms with van der Waals surface area (Å²) in [4.78, 5) is 5.74. The minimum absolute atomic E-state index is 0.126. The van der Waals surface area contributed by atoms with Gasteiger partial charge in [-0.15, -0.1) is 0 Å². The molecule has 2 heterocycles. The van der Waals surface area contributed by atoms with Crippen molar-refractivity contribution in [3.63, 3.8) is 0 Å². The molecule has 2 aromatic carbocycles. The molecule has 0 amide bonds. The number of rotatable bonds is 4. The van der Waals surface area contributed by atoms with Gasteiger partial charge in [-0.25, -0.2) is 0 Å². The minimum Gasteiger partial charge on any atom is -0.492 e. The van der Waals surface area contributed by atoms with Crippen molar-refractivity contribution in [3.8, 4) is 23.0 Å². The number of oxime groups is 1. The molecule has 2 aliphatic heterocycles. The lowest BCUT2D eigenvalue weighted by molar-refractivity contribution is 0.0899. The number of fused-ring (bicyclic) bond motifs is 1. The quantitative estimate of drug-likeness (QED) is 0.789. The van der Waals surface area contributed by atoms with E-state index in [2.05, 4.69) is 38.1 Å². The normalized spacial score (nSPS) is 20.0. The van der Waals surface area contributed by atoms with Crippen LogP contribution in [0.4, 0.5) is 0 Å². The Kier molecular flexibility index (Phi) is 4.57. The first-order valence-electron chi connectivity index (χ1n) is 9.32. The van der Waals surface area contributed by atoms with Gasteiger partial charge in [-0.05, 0) is 44.9 Å². The molecule has 0 spiro atoms. The number of ether oxygens (including phenoxy) is 4. The fourth-order valence-electron chi connectivity index (χ4n) is 4.31. The molecule has 0 saturated carbocycles. The summed E-state index contributed by atoms with van der Waals surface area (Å²) in [5.74, 6) is 2.23. The van der Waals surface area contributed by atoms with Crippen LogP contribution in [-0.2, 0) is 4.84 Å². The SMILES string of the molecule is COc1c([C@H]2C(c3c(C)cc(C)cc3C)=NO[C@@H]2C)cc2c(c1OC)OCO2. The standard InChI is InChI=1S/C22H25NO5/c1-11-7-12(2)17(13(3)8-11)19-18(14(4)28-23-19)15-9-16-21(27-10-26-16)22(25-6)20(15)24-5/h7-9,14,18H,10H2,1-6H3/t14-,18+/m1/s1. The molecule has 0 aliphatic carbocycles. The third-order valence-corrected chi connectivity index (χ3v) is 5.36. The summed E-state index contributed by atoms with van der Waals surface area (Å²) in [5.41, 5.74) is 6.48. The van der Waals surface area contributed by atoms with E-state index < -0.39 is 0 Å². The molecule has 0 unspecified atom stereocenters. The highest BCUT2D eigenvalue weighted by atomic mass is 16.7. The predicted molar refractivity (Wildman–Crippen MR) is 106 cm³/mol. The van der Waals surface area contributed by atoms with Crippen LogP contribution in [0.1, 0.15) is 40.7 Å². The Hall–Kier alpha value is -2.89. The van der Waals surface area contributed by atoms with Crippen LogP contribution in [0.2, 0.25) is 0 Å². The first kappa shape index (κ1) is 18.5. The van der Waals surface area contributed by atoms with Gasteiger partial charge in [0.25, 0.3) is 0 Å². The Morgan fingerprint density at radius 1 is 0.964 bits per heavy atom. The minimum atomic E-state index is -0.158. The Bertz CT molecular complexity index is 943. The maximum absolute atomic E-state index is 5.75. The zero-order valence-electron chi connectivity index (χ0n) is 17.1. The molecule has 148 valence electrons. The average molecular weight is 383 g/mol. The van der Waals surface area contributed by atoms with Gasteiger partial charge in [0.15, 0.2) is 11.5 Å². The summed E-state index contributed by atoms with van der Waals surface area (Å²) in [6, 6.07) is 6.29. The van der Waals surface area contributed by atoms with Gasteiger partial charge in [0.1, 0.15) is 6.10 Å². The summed E-state index contributed by atoms with van der Waals surface area (Å²) in [5, 5.41) is 4.47. The van der Waals surface area contributed by atoms with E-state index in [1.54, 1.807) is 14.2 Å². The van der Waals surface area contributed by atoms with Crippen LogP contribution in [0, 0.1) is 20.8 Å². The maximum Gasteiger partial charge on any atom is 0.231 e. The van der Waals surface area contributed by atoms with E-state index in [1.165, 1.54) is 16.7 Å². The fourth-order valence-corrected chi connectivity index (χ4v) is 4.31. The summed E-state index contributed by atoms with van der Waals surface area (Å²) in [6.07, 6.45) is -0.158. The topological polar surface area (TPSA) is 58.5 Å². The van der Waals surface area contributed by atoms with E-state index in [4.69, 9.17) is 23.8 Å². The Morgan fingerprint density at radius 3 is 2.29 bits per heavy atom. The van der Waals surface area contributed by atoms with Gasteiger partial charge in [0.2, 0.25) is 18.3 Å². The van der Waals surface area contributed by atoms with Crippen molar-refractivity contribution < 1.29 is 23.8 Å². The van der Waals surface area contributed by atoms with E-state index in [0.717, 1.165) is 16.8 Å². The first-order chi connectivity index (χ1) is 13.5. The van der Waals surface area contributed by atoms with Crippen LogP contribution in [-0.4, -0.2) is 32.8 Å². The summed E-state index contributed by atoms with van der Waals surface area (Å²) in [6.45, 7) is 8.48. The van der Waals surface area contributed by atoms with E-state index in [0.29, 0.717) is 23.0 Å². The zero-order valence-corrected chi connectivity index (χ0v) is 17.1. The first-order valence-corrected chi connectivity index (χ1v) is 9.32. The largest absolute Gasteiger partial charge is 0.492 e. The Labute approximate surface area is 165 Å². The van der Waals surface area contributed by atoms with Crippen molar-refractivity contribution in [1.82, 2.24) is 0 Å². The summed E-state index contributed by atoms with van der Waals surface area (Å²) in [7, 11) is 3.23. The molecule has 0 bridgehead atoms. The van der Waals surface area contributed by atoms with E-state index in [1.807, 2.05) is 13.0 Å². The van der Waals surface area contributed by atoms with E-state index >= 15 is 0 Å². The Balaban J connectivity index is 1.90. The van der Waals surface area contributed by atoms with Crippen LogP contribution in [0.15, 0.2) is 23.4 Å². The molecule has 2 atom stereocenters. The van der Waals surface area contributed by atoms with Crippen LogP contribution < -0.4 is 18.9 Å². The highest BCUT2D eigenvalue weighted by Crippen LogP contribution is 2.52. The van der Waals surface area contributed by atoms with E-state index in [-0.39, 0.29) is 18.8 Å². The number of aryl methyl sites for hydroxylation is 3. The van der Waals surface area contributed by atoms with Gasteiger partial charge >= 0.3 is 0 Å². The number of nitrogens with zero attached hydrogens (tertiary/aromatic N) is 1. The van der Waals surface area contributed by atoms with Crippen molar-refractivity contribution >= 4 is 5.71 Å². The molecule has 6 nitrogen and oxygen atoms in total. The second-order valence-corrected chi connectivity index (χ2v) is 7.30. The predicted octanol–water partition coefficient (Wildman–Crippen LogP) is 4.26. The molecule has 0 saturated heterocycles. The molecule has 2 aromatic rings. The molecular weight excluding hydrogens is 358 g/mol. The molecule has 2 aliphatic rings. The van der Waals surface area contributed by atoms with Gasteiger partial charge in [0.05, 0.1) is 25.8 Å². The van der Waals surface area contributed by atoms with Crippen molar-refractivity contribution in [2.45, 2.75) is 39.7 Å². The fraction of sp³-hybridized carbons (Fsp3) is 0.409. The van der Waals surface area contributed by atoms with Crippen LogP contribution in [0.3, 0.4) is 0 Å². The van der Waals surface area contributed by atoms with Crippen molar-refractivity contribution in [3.05, 3.63) is 46.0 Å². The lowest BCUT2D eigenvalue weighted by Gasteiger charge is -2.22. The smallest absolute Gasteiger partial charge is 0.231 e. The summed E-state index contributed by atoms with van der Waals surface area (Å²) < 4.78 is 22.6. The zero-order chi connectivity index (χ0) is 20.0. The van der Waals surface area contributed by atoms with Crippen molar-refractivity contribution in [2.24, 2.45) is 5.16 Å². The third kappa shape index (κ3) is 2.75. The van der Waals surface area contributed by atoms with Gasteiger partial charge < -0.3 is 23.8 Å². The lowest BCUT2D eigenvalue weighted by atomic mass is 9.82. The molecular formula is C22H25NO5. The van der Waals surface area contributed by atoms with Gasteiger partial charge in [0, 0.05) is 11.1 Å².